The standard InChI is InChI=1S/C19H16S2/c1-19-11-10-16-17(12-6-2-4-8-14(12)20-16)18(19)13-7-3-5-9-15(13)21-19/h2-4,6-8,10-11,18H,5,9H2,1H3. The molecule has 104 valence electrons. The third-order valence-electron chi connectivity index (χ3n) is 4.90. The van der Waals surface area contributed by atoms with Crippen LogP contribution in [-0.2, 0) is 0 Å². The Morgan fingerprint density at radius 1 is 1.19 bits per heavy atom. The summed E-state index contributed by atoms with van der Waals surface area (Å²) in [5, 5.41) is 1.46. The molecular formula is C19H16S2. The molecule has 0 fully saturated rings. The van der Waals surface area contributed by atoms with Crippen LogP contribution < -0.4 is 0 Å². The van der Waals surface area contributed by atoms with Gasteiger partial charge in [-0.2, -0.15) is 0 Å². The van der Waals surface area contributed by atoms with Crippen LogP contribution in [0.5, 0.6) is 0 Å². The van der Waals surface area contributed by atoms with Crippen LogP contribution in [0.1, 0.15) is 36.1 Å². The largest absolute Gasteiger partial charge is 0.136 e. The summed E-state index contributed by atoms with van der Waals surface area (Å²) in [5.74, 6) is 0.533. The van der Waals surface area contributed by atoms with Crippen molar-refractivity contribution in [2.45, 2.75) is 30.4 Å². The minimum atomic E-state index is 0.205. The molecule has 2 atom stereocenters. The molecule has 0 bridgehead atoms. The van der Waals surface area contributed by atoms with Gasteiger partial charge in [0, 0.05) is 20.2 Å². The maximum Gasteiger partial charge on any atom is 0.0468 e. The van der Waals surface area contributed by atoms with E-state index in [9.17, 15) is 0 Å². The average molecular weight is 308 g/mol. The topological polar surface area (TPSA) is 0 Å². The molecule has 3 aliphatic rings. The predicted octanol–water partition coefficient (Wildman–Crippen LogP) is 6.12. The second-order valence-corrected chi connectivity index (χ2v) is 8.91. The molecule has 21 heavy (non-hydrogen) atoms. The van der Waals surface area contributed by atoms with Crippen molar-refractivity contribution in [3.63, 3.8) is 0 Å². The molecule has 2 heterocycles. The highest BCUT2D eigenvalue weighted by Crippen LogP contribution is 2.62. The lowest BCUT2D eigenvalue weighted by molar-refractivity contribution is 0.686. The monoisotopic (exact) mass is 308 g/mol. The van der Waals surface area contributed by atoms with Gasteiger partial charge < -0.3 is 0 Å². The Bertz CT molecular complexity index is 850. The number of hydrogen-bond donors (Lipinski definition) is 0. The van der Waals surface area contributed by atoms with Gasteiger partial charge in [-0.25, -0.2) is 0 Å². The fraction of sp³-hybridized carbons (Fsp3) is 0.263. The molecule has 0 nitrogen and oxygen atoms in total. The van der Waals surface area contributed by atoms with E-state index in [-0.39, 0.29) is 4.75 Å². The number of allylic oxidation sites excluding steroid dienone is 4. The molecule has 2 aliphatic carbocycles. The molecule has 0 radical (unpaired) electrons. The van der Waals surface area contributed by atoms with Crippen molar-refractivity contribution < 1.29 is 0 Å². The Kier molecular flexibility index (Phi) is 2.43. The lowest BCUT2D eigenvalue weighted by Crippen LogP contribution is -2.26. The molecule has 1 aromatic heterocycles. The van der Waals surface area contributed by atoms with Crippen molar-refractivity contribution in [1.82, 2.24) is 0 Å². The molecule has 1 aliphatic heterocycles. The van der Waals surface area contributed by atoms with Crippen molar-refractivity contribution in [3.05, 3.63) is 63.4 Å². The first-order chi connectivity index (χ1) is 10.3. The number of rotatable bonds is 0. The smallest absolute Gasteiger partial charge is 0.0468 e. The van der Waals surface area contributed by atoms with Gasteiger partial charge in [0.15, 0.2) is 0 Å². The zero-order chi connectivity index (χ0) is 14.0. The summed E-state index contributed by atoms with van der Waals surface area (Å²) in [6, 6.07) is 8.90. The average Bonchev–Trinajstić information content (AvgIpc) is 3.00. The summed E-state index contributed by atoms with van der Waals surface area (Å²) >= 11 is 4.05. The summed E-state index contributed by atoms with van der Waals surface area (Å²) in [6.45, 7) is 2.42. The molecule has 1 aromatic carbocycles. The minimum absolute atomic E-state index is 0.205. The van der Waals surface area contributed by atoms with E-state index in [2.05, 4.69) is 67.3 Å². The molecule has 5 rings (SSSR count). The summed E-state index contributed by atoms with van der Waals surface area (Å²) in [7, 11) is 0. The van der Waals surface area contributed by atoms with E-state index in [1.54, 1.807) is 16.0 Å². The van der Waals surface area contributed by atoms with E-state index < -0.39 is 0 Å². The van der Waals surface area contributed by atoms with Crippen LogP contribution in [-0.4, -0.2) is 4.75 Å². The van der Waals surface area contributed by atoms with Crippen molar-refractivity contribution in [2.24, 2.45) is 0 Å². The van der Waals surface area contributed by atoms with Gasteiger partial charge in [0.25, 0.3) is 0 Å². The maximum absolute atomic E-state index is 2.45. The van der Waals surface area contributed by atoms with Crippen molar-refractivity contribution in [2.75, 3.05) is 0 Å². The Morgan fingerprint density at radius 2 is 2.10 bits per heavy atom. The SMILES string of the molecule is CC12C=Cc3sc4ccccc4c3C1C1=C(CCC=C1)S2. The minimum Gasteiger partial charge on any atom is -0.136 e. The van der Waals surface area contributed by atoms with Gasteiger partial charge in [-0.3, -0.25) is 0 Å². The van der Waals surface area contributed by atoms with Crippen LogP contribution in [0, 0.1) is 0 Å². The maximum atomic E-state index is 2.45. The summed E-state index contributed by atoms with van der Waals surface area (Å²) < 4.78 is 1.63. The first kappa shape index (κ1) is 12.3. The van der Waals surface area contributed by atoms with E-state index in [1.165, 1.54) is 27.8 Å². The second kappa shape index (κ2) is 4.15. The van der Waals surface area contributed by atoms with Gasteiger partial charge in [-0.15, -0.1) is 23.1 Å². The summed E-state index contributed by atoms with van der Waals surface area (Å²) in [5.41, 5.74) is 3.16. The van der Waals surface area contributed by atoms with Crippen molar-refractivity contribution in [1.29, 1.82) is 0 Å². The van der Waals surface area contributed by atoms with E-state index in [0.717, 1.165) is 0 Å². The quantitative estimate of drug-likeness (QED) is 0.565. The normalized spacial score (nSPS) is 29.7. The van der Waals surface area contributed by atoms with E-state index >= 15 is 0 Å². The molecule has 0 N–H and O–H groups in total. The fourth-order valence-electron chi connectivity index (χ4n) is 3.98. The van der Waals surface area contributed by atoms with Gasteiger partial charge in [0.1, 0.15) is 0 Å². The van der Waals surface area contributed by atoms with Crippen molar-refractivity contribution in [3.8, 4) is 0 Å². The Balaban J connectivity index is 1.83. The molecule has 2 heteroatoms. The molecule has 0 spiro atoms. The van der Waals surface area contributed by atoms with Crippen LogP contribution in [0.25, 0.3) is 16.2 Å². The zero-order valence-electron chi connectivity index (χ0n) is 11.9. The van der Waals surface area contributed by atoms with E-state index in [0.29, 0.717) is 5.92 Å². The van der Waals surface area contributed by atoms with Gasteiger partial charge in [-0.1, -0.05) is 36.4 Å². The molecule has 0 saturated heterocycles. The molecule has 2 unspecified atom stereocenters. The van der Waals surface area contributed by atoms with Crippen LogP contribution in [0.3, 0.4) is 0 Å². The van der Waals surface area contributed by atoms with Gasteiger partial charge in [0.05, 0.1) is 0 Å². The summed E-state index contributed by atoms with van der Waals surface area (Å²) in [4.78, 5) is 3.09. The highest BCUT2D eigenvalue weighted by Gasteiger charge is 2.47. The predicted molar refractivity (Wildman–Crippen MR) is 95.0 cm³/mol. The number of thioether (sulfide) groups is 1. The van der Waals surface area contributed by atoms with Crippen LogP contribution >= 0.6 is 23.1 Å². The molecule has 0 amide bonds. The molecule has 0 saturated carbocycles. The lowest BCUT2D eigenvalue weighted by Gasteiger charge is -2.32. The number of hydrogen-bond acceptors (Lipinski definition) is 2. The van der Waals surface area contributed by atoms with E-state index in [4.69, 9.17) is 0 Å². The number of fused-ring (bicyclic) bond motifs is 6. The first-order valence-corrected chi connectivity index (χ1v) is 9.19. The van der Waals surface area contributed by atoms with Gasteiger partial charge >= 0.3 is 0 Å². The third-order valence-corrected chi connectivity index (χ3v) is 7.55. The highest BCUT2D eigenvalue weighted by molar-refractivity contribution is 8.04. The Hall–Kier alpha value is -1.25. The van der Waals surface area contributed by atoms with Crippen LogP contribution in [0.15, 0.2) is 53.0 Å². The summed E-state index contributed by atoms with van der Waals surface area (Å²) in [6.07, 6.45) is 12.0. The zero-order valence-corrected chi connectivity index (χ0v) is 13.6. The van der Waals surface area contributed by atoms with Gasteiger partial charge in [-0.05, 0) is 53.3 Å². The second-order valence-electron chi connectivity index (χ2n) is 6.25. The Morgan fingerprint density at radius 3 is 3.05 bits per heavy atom. The number of thiophene rings is 1. The molecular weight excluding hydrogens is 292 g/mol. The van der Waals surface area contributed by atoms with Crippen molar-refractivity contribution >= 4 is 39.3 Å². The van der Waals surface area contributed by atoms with Gasteiger partial charge in [0.2, 0.25) is 0 Å². The fourth-order valence-corrected chi connectivity index (χ4v) is 6.68. The van der Waals surface area contributed by atoms with E-state index in [1.807, 2.05) is 11.3 Å². The first-order valence-electron chi connectivity index (χ1n) is 7.55. The number of benzene rings is 1. The third kappa shape index (κ3) is 1.58. The van der Waals surface area contributed by atoms with Crippen LogP contribution in [0.4, 0.5) is 0 Å². The van der Waals surface area contributed by atoms with Crippen LogP contribution in [0.2, 0.25) is 0 Å². The Labute approximate surface area is 133 Å². The highest BCUT2D eigenvalue weighted by atomic mass is 32.2. The molecule has 2 aromatic rings. The lowest BCUT2D eigenvalue weighted by atomic mass is 9.75.